The Hall–Kier alpha value is -3.06. The first-order chi connectivity index (χ1) is 15.2. The Morgan fingerprint density at radius 1 is 1.16 bits per heavy atom. The number of nitrogens with one attached hydrogen (secondary N) is 2. The van der Waals surface area contributed by atoms with Crippen LogP contribution in [0.5, 0.6) is 0 Å². The molecule has 1 aromatic carbocycles. The second kappa shape index (κ2) is 8.47. The number of carboxylic acids is 1. The molecule has 2 aromatic rings. The van der Waals surface area contributed by atoms with Crippen molar-refractivity contribution in [3.63, 3.8) is 0 Å². The van der Waals surface area contributed by atoms with Crippen molar-refractivity contribution in [2.24, 2.45) is 5.41 Å². The summed E-state index contributed by atoms with van der Waals surface area (Å²) in [5, 5.41) is 13.1. The number of nitrogens with two attached hydrogens (primary N) is 1. The second-order valence-corrected chi connectivity index (χ2v) is 9.66. The molecule has 2 aliphatic rings. The molecule has 0 saturated carbocycles. The van der Waals surface area contributed by atoms with Crippen molar-refractivity contribution in [3.8, 4) is 0 Å². The molecule has 0 atom stereocenters. The topological polar surface area (TPSA) is 117 Å². The van der Waals surface area contributed by atoms with Crippen LogP contribution in [-0.4, -0.2) is 35.2 Å². The van der Waals surface area contributed by atoms with Crippen molar-refractivity contribution in [2.45, 2.75) is 51.4 Å². The summed E-state index contributed by atoms with van der Waals surface area (Å²) in [5.74, 6) is -1.12. The van der Waals surface area contributed by atoms with E-state index in [0.717, 1.165) is 36.0 Å². The van der Waals surface area contributed by atoms with Gasteiger partial charge in [0.05, 0.1) is 5.41 Å². The summed E-state index contributed by atoms with van der Waals surface area (Å²) in [6.45, 7) is 5.34. The van der Waals surface area contributed by atoms with Gasteiger partial charge in [-0.25, -0.2) is 0 Å². The number of carboxylic acid groups (broad SMARTS) is 1. The minimum absolute atomic E-state index is 0.231. The van der Waals surface area contributed by atoms with E-state index in [-0.39, 0.29) is 11.3 Å². The molecule has 1 amide bonds. The lowest BCUT2D eigenvalue weighted by molar-refractivity contribution is -0.147. The molecule has 0 unspecified atom stereocenters. The number of benzene rings is 1. The standard InChI is InChI=1S/C25H31N3O4/c1-24(2)7-5-16(6-8-24)19-13-17(25(23(30)31)9-11-32-12-10-25)3-4-20(19)28-22(29)21-14-18(26)15-27-21/h3-5,13-15,27H,6-12,26H2,1-2H3,(H,28,29)(H,30,31). The Morgan fingerprint density at radius 3 is 2.50 bits per heavy atom. The van der Waals surface area contributed by atoms with Crippen molar-refractivity contribution in [1.29, 1.82) is 0 Å². The summed E-state index contributed by atoms with van der Waals surface area (Å²) < 4.78 is 5.45. The van der Waals surface area contributed by atoms with Crippen LogP contribution in [-0.2, 0) is 14.9 Å². The van der Waals surface area contributed by atoms with Crippen LogP contribution in [0.3, 0.4) is 0 Å². The lowest BCUT2D eigenvalue weighted by Gasteiger charge is -2.35. The number of hydrogen-bond acceptors (Lipinski definition) is 4. The van der Waals surface area contributed by atoms with E-state index in [9.17, 15) is 14.7 Å². The molecule has 7 heteroatoms. The Balaban J connectivity index is 1.75. The lowest BCUT2D eigenvalue weighted by atomic mass is 9.72. The van der Waals surface area contributed by atoms with Crippen molar-refractivity contribution in [3.05, 3.63) is 53.4 Å². The van der Waals surface area contributed by atoms with Gasteiger partial charge in [0, 0.05) is 36.3 Å². The van der Waals surface area contributed by atoms with E-state index in [1.165, 1.54) is 0 Å². The predicted molar refractivity (Wildman–Crippen MR) is 125 cm³/mol. The fraction of sp³-hybridized carbons (Fsp3) is 0.440. The SMILES string of the molecule is CC1(C)CC=C(c2cc(C3(C(=O)O)CCOCC3)ccc2NC(=O)c2cc(N)c[nH]2)CC1. The molecule has 1 fully saturated rings. The zero-order valence-electron chi connectivity index (χ0n) is 18.7. The van der Waals surface area contributed by atoms with Crippen LogP contribution in [0.25, 0.3) is 5.57 Å². The maximum absolute atomic E-state index is 12.8. The van der Waals surface area contributed by atoms with Crippen LogP contribution in [0.1, 0.15) is 67.6 Å². The van der Waals surface area contributed by atoms with Crippen LogP contribution in [0.2, 0.25) is 0 Å². The largest absolute Gasteiger partial charge is 0.481 e. The van der Waals surface area contributed by atoms with E-state index in [2.05, 4.69) is 30.2 Å². The number of amides is 1. The Kier molecular flexibility index (Phi) is 5.86. The third-order valence-electron chi connectivity index (χ3n) is 6.84. The van der Waals surface area contributed by atoms with Gasteiger partial charge >= 0.3 is 5.97 Å². The van der Waals surface area contributed by atoms with Crippen LogP contribution >= 0.6 is 0 Å². The maximum Gasteiger partial charge on any atom is 0.314 e. The molecule has 0 radical (unpaired) electrons. The van der Waals surface area contributed by atoms with E-state index in [0.29, 0.717) is 43.1 Å². The van der Waals surface area contributed by atoms with Gasteiger partial charge in [0.25, 0.3) is 5.91 Å². The molecule has 1 aliphatic heterocycles. The number of carbonyl (C=O) groups is 2. The molecule has 1 saturated heterocycles. The number of carbonyl (C=O) groups excluding carboxylic acids is 1. The Bertz CT molecular complexity index is 1060. The Morgan fingerprint density at radius 2 is 1.91 bits per heavy atom. The number of hydrogen-bond donors (Lipinski definition) is 4. The molecule has 4 rings (SSSR count). The van der Waals surface area contributed by atoms with Crippen molar-refractivity contribution >= 4 is 28.8 Å². The monoisotopic (exact) mass is 437 g/mol. The first-order valence-electron chi connectivity index (χ1n) is 11.1. The number of aromatic amines is 1. The fourth-order valence-electron chi connectivity index (χ4n) is 4.62. The average Bonchev–Trinajstić information content (AvgIpc) is 3.21. The van der Waals surface area contributed by atoms with E-state index in [1.54, 1.807) is 12.3 Å². The highest BCUT2D eigenvalue weighted by Crippen LogP contribution is 2.43. The zero-order chi connectivity index (χ0) is 22.9. The van der Waals surface area contributed by atoms with Gasteiger partial charge in [-0.2, -0.15) is 0 Å². The first-order valence-corrected chi connectivity index (χ1v) is 11.1. The molecule has 170 valence electrons. The molecule has 1 aliphatic carbocycles. The number of ether oxygens (including phenoxy) is 1. The molecule has 5 N–H and O–H groups in total. The van der Waals surface area contributed by atoms with E-state index < -0.39 is 11.4 Å². The number of rotatable bonds is 5. The third-order valence-corrected chi connectivity index (χ3v) is 6.84. The minimum Gasteiger partial charge on any atom is -0.481 e. The number of H-pyrrole nitrogens is 1. The van der Waals surface area contributed by atoms with Gasteiger partial charge in [-0.3, -0.25) is 9.59 Å². The normalized spacial score (nSPS) is 19.8. The zero-order valence-corrected chi connectivity index (χ0v) is 18.7. The molecule has 7 nitrogen and oxygen atoms in total. The predicted octanol–water partition coefficient (Wildman–Crippen LogP) is 4.58. The minimum atomic E-state index is -0.974. The number of aromatic nitrogens is 1. The van der Waals surface area contributed by atoms with Gasteiger partial charge in [-0.1, -0.05) is 26.0 Å². The van der Waals surface area contributed by atoms with Gasteiger partial charge in [0.1, 0.15) is 5.69 Å². The van der Waals surface area contributed by atoms with Crippen molar-refractivity contribution < 1.29 is 19.4 Å². The Labute approximate surface area is 188 Å². The highest BCUT2D eigenvalue weighted by Gasteiger charge is 2.42. The summed E-state index contributed by atoms with van der Waals surface area (Å²) in [4.78, 5) is 28.0. The van der Waals surface area contributed by atoms with Crippen molar-refractivity contribution in [1.82, 2.24) is 4.98 Å². The van der Waals surface area contributed by atoms with E-state index in [4.69, 9.17) is 10.5 Å². The van der Waals surface area contributed by atoms with Gasteiger partial charge < -0.3 is 25.9 Å². The smallest absolute Gasteiger partial charge is 0.314 e. The molecule has 2 heterocycles. The number of allylic oxidation sites excluding steroid dienone is 2. The highest BCUT2D eigenvalue weighted by molar-refractivity contribution is 6.05. The number of aliphatic carboxylic acids is 1. The quantitative estimate of drug-likeness (QED) is 0.546. The van der Waals surface area contributed by atoms with E-state index in [1.807, 2.05) is 18.2 Å². The lowest BCUT2D eigenvalue weighted by Crippen LogP contribution is -2.41. The molecule has 1 aromatic heterocycles. The van der Waals surface area contributed by atoms with Gasteiger partial charge in [0.15, 0.2) is 0 Å². The van der Waals surface area contributed by atoms with Crippen LogP contribution in [0, 0.1) is 5.41 Å². The molecular weight excluding hydrogens is 406 g/mol. The van der Waals surface area contributed by atoms with Crippen LogP contribution in [0.15, 0.2) is 36.5 Å². The maximum atomic E-state index is 12.8. The van der Waals surface area contributed by atoms with Crippen LogP contribution < -0.4 is 11.1 Å². The summed E-state index contributed by atoms with van der Waals surface area (Å²) in [5.41, 5.74) is 9.33. The molecule has 0 spiro atoms. The van der Waals surface area contributed by atoms with E-state index >= 15 is 0 Å². The second-order valence-electron chi connectivity index (χ2n) is 9.66. The third kappa shape index (κ3) is 4.30. The summed E-state index contributed by atoms with van der Waals surface area (Å²) in [7, 11) is 0. The van der Waals surface area contributed by atoms with Crippen molar-refractivity contribution in [2.75, 3.05) is 24.3 Å². The highest BCUT2D eigenvalue weighted by atomic mass is 16.5. The number of anilines is 2. The van der Waals surface area contributed by atoms with Crippen LogP contribution in [0.4, 0.5) is 11.4 Å². The van der Waals surface area contributed by atoms with Gasteiger partial charge in [-0.15, -0.1) is 0 Å². The van der Waals surface area contributed by atoms with Gasteiger partial charge in [-0.05, 0) is 66.9 Å². The van der Waals surface area contributed by atoms with Gasteiger partial charge in [0.2, 0.25) is 0 Å². The molecular formula is C25H31N3O4. The number of nitrogen functional groups attached to an aromatic ring is 1. The average molecular weight is 438 g/mol. The first kappa shape index (κ1) is 22.1. The summed E-state index contributed by atoms with van der Waals surface area (Å²) >= 11 is 0. The fourth-order valence-corrected chi connectivity index (χ4v) is 4.62. The molecule has 32 heavy (non-hydrogen) atoms. The summed E-state index contributed by atoms with van der Waals surface area (Å²) in [6, 6.07) is 7.21. The molecule has 0 bridgehead atoms. The summed E-state index contributed by atoms with van der Waals surface area (Å²) in [6.07, 6.45) is 7.50.